The Morgan fingerprint density at radius 1 is 1.07 bits per heavy atom. The Morgan fingerprint density at radius 2 is 1.79 bits per heavy atom. The van der Waals surface area contributed by atoms with Crippen molar-refractivity contribution in [3.05, 3.63) is 66.2 Å². The molecule has 0 bridgehead atoms. The van der Waals surface area contributed by atoms with Crippen LogP contribution in [0.1, 0.15) is 29.6 Å². The molecule has 28 heavy (non-hydrogen) atoms. The zero-order chi connectivity index (χ0) is 19.3. The third-order valence-corrected chi connectivity index (χ3v) is 5.71. The standard InChI is InChI=1S/C24H27N3O/c1-27-15-12-18(13-16-27)11-14-25-24(28)21-17-23(19-7-3-2-4-8-19)26-22-10-6-5-9-20(21)22/h2-10,17-18H,11-16H2,1H3,(H,25,28). The van der Waals surface area contributed by atoms with E-state index in [0.29, 0.717) is 11.5 Å². The first kappa shape index (κ1) is 18.6. The van der Waals surface area contributed by atoms with E-state index in [4.69, 9.17) is 4.98 Å². The Kier molecular flexibility index (Phi) is 5.68. The largest absolute Gasteiger partial charge is 0.352 e. The van der Waals surface area contributed by atoms with E-state index in [1.54, 1.807) is 0 Å². The van der Waals surface area contributed by atoms with Gasteiger partial charge in [-0.25, -0.2) is 4.98 Å². The molecule has 144 valence electrons. The number of nitrogens with one attached hydrogen (secondary N) is 1. The number of benzene rings is 2. The summed E-state index contributed by atoms with van der Waals surface area (Å²) in [5.74, 6) is 0.703. The Labute approximate surface area is 166 Å². The maximum absolute atomic E-state index is 13.0. The highest BCUT2D eigenvalue weighted by atomic mass is 16.1. The second-order valence-electron chi connectivity index (χ2n) is 7.73. The molecule has 2 heterocycles. The molecule has 1 fully saturated rings. The topological polar surface area (TPSA) is 45.2 Å². The number of fused-ring (bicyclic) bond motifs is 1. The number of piperidine rings is 1. The molecule has 3 aromatic rings. The van der Waals surface area contributed by atoms with Crippen molar-refractivity contribution in [2.45, 2.75) is 19.3 Å². The number of likely N-dealkylation sites (tertiary alicyclic amines) is 1. The van der Waals surface area contributed by atoms with E-state index in [2.05, 4.69) is 17.3 Å². The summed E-state index contributed by atoms with van der Waals surface area (Å²) in [6, 6.07) is 19.8. The van der Waals surface area contributed by atoms with Crippen LogP contribution in [0.25, 0.3) is 22.2 Å². The van der Waals surface area contributed by atoms with Crippen molar-refractivity contribution < 1.29 is 4.79 Å². The van der Waals surface area contributed by atoms with Gasteiger partial charge in [-0.15, -0.1) is 0 Å². The van der Waals surface area contributed by atoms with Crippen molar-refractivity contribution in [1.82, 2.24) is 15.2 Å². The van der Waals surface area contributed by atoms with E-state index < -0.39 is 0 Å². The highest BCUT2D eigenvalue weighted by molar-refractivity contribution is 6.07. The molecule has 1 amide bonds. The molecule has 2 aromatic carbocycles. The molecule has 4 rings (SSSR count). The van der Waals surface area contributed by atoms with E-state index in [1.165, 1.54) is 12.8 Å². The van der Waals surface area contributed by atoms with Gasteiger partial charge in [-0.3, -0.25) is 4.79 Å². The smallest absolute Gasteiger partial charge is 0.252 e. The monoisotopic (exact) mass is 373 g/mol. The molecule has 0 unspecified atom stereocenters. The predicted molar refractivity (Wildman–Crippen MR) is 114 cm³/mol. The van der Waals surface area contributed by atoms with Gasteiger partial charge in [-0.1, -0.05) is 48.5 Å². The summed E-state index contributed by atoms with van der Waals surface area (Å²) in [4.78, 5) is 20.1. The highest BCUT2D eigenvalue weighted by Crippen LogP contribution is 2.25. The van der Waals surface area contributed by atoms with Gasteiger partial charge in [0.05, 0.1) is 16.8 Å². The van der Waals surface area contributed by atoms with Crippen LogP contribution in [0.3, 0.4) is 0 Å². The van der Waals surface area contributed by atoms with Crippen molar-refractivity contribution >= 4 is 16.8 Å². The van der Waals surface area contributed by atoms with Crippen LogP contribution in [-0.2, 0) is 0 Å². The van der Waals surface area contributed by atoms with E-state index in [1.807, 2.05) is 60.7 Å². The van der Waals surface area contributed by atoms with Gasteiger partial charge in [-0.2, -0.15) is 0 Å². The summed E-state index contributed by atoms with van der Waals surface area (Å²) < 4.78 is 0. The van der Waals surface area contributed by atoms with Crippen molar-refractivity contribution in [3.8, 4) is 11.3 Å². The van der Waals surface area contributed by atoms with Gasteiger partial charge in [0.2, 0.25) is 0 Å². The summed E-state index contributed by atoms with van der Waals surface area (Å²) in [6.45, 7) is 3.05. The second-order valence-corrected chi connectivity index (χ2v) is 7.73. The Bertz CT molecular complexity index is 946. The molecular weight excluding hydrogens is 346 g/mol. The van der Waals surface area contributed by atoms with Gasteiger partial charge in [-0.05, 0) is 57.5 Å². The van der Waals surface area contributed by atoms with E-state index in [-0.39, 0.29) is 5.91 Å². The molecule has 1 N–H and O–H groups in total. The fourth-order valence-corrected chi connectivity index (χ4v) is 3.96. The van der Waals surface area contributed by atoms with Gasteiger partial charge in [0.25, 0.3) is 5.91 Å². The third kappa shape index (κ3) is 4.23. The number of hydrogen-bond donors (Lipinski definition) is 1. The summed E-state index contributed by atoms with van der Waals surface area (Å²) >= 11 is 0. The van der Waals surface area contributed by atoms with E-state index in [9.17, 15) is 4.79 Å². The molecule has 0 radical (unpaired) electrons. The van der Waals surface area contributed by atoms with E-state index >= 15 is 0 Å². The summed E-state index contributed by atoms with van der Waals surface area (Å²) in [6.07, 6.45) is 3.50. The average molecular weight is 374 g/mol. The lowest BCUT2D eigenvalue weighted by molar-refractivity contribution is 0.0950. The first-order valence-corrected chi connectivity index (χ1v) is 10.1. The molecule has 1 aliphatic rings. The maximum atomic E-state index is 13.0. The minimum atomic E-state index is -0.0105. The van der Waals surface area contributed by atoms with Crippen LogP contribution in [0.2, 0.25) is 0 Å². The zero-order valence-corrected chi connectivity index (χ0v) is 16.4. The van der Waals surface area contributed by atoms with Crippen LogP contribution in [-0.4, -0.2) is 42.5 Å². The number of carbonyl (C=O) groups is 1. The first-order valence-electron chi connectivity index (χ1n) is 10.1. The molecular formula is C24H27N3O. The minimum Gasteiger partial charge on any atom is -0.352 e. The SMILES string of the molecule is CN1CCC(CCNC(=O)c2cc(-c3ccccc3)nc3ccccc23)CC1. The Balaban J connectivity index is 1.52. The summed E-state index contributed by atoms with van der Waals surface area (Å²) in [5.41, 5.74) is 3.41. The maximum Gasteiger partial charge on any atom is 0.252 e. The van der Waals surface area contributed by atoms with Gasteiger partial charge in [0.15, 0.2) is 0 Å². The molecule has 0 spiro atoms. The van der Waals surface area contributed by atoms with Crippen molar-refractivity contribution in [2.24, 2.45) is 5.92 Å². The number of para-hydroxylation sites is 1. The van der Waals surface area contributed by atoms with Crippen molar-refractivity contribution in [2.75, 3.05) is 26.7 Å². The van der Waals surface area contributed by atoms with Crippen LogP contribution in [0.4, 0.5) is 0 Å². The molecule has 4 heteroatoms. The number of amides is 1. The quantitative estimate of drug-likeness (QED) is 0.723. The zero-order valence-electron chi connectivity index (χ0n) is 16.4. The summed E-state index contributed by atoms with van der Waals surface area (Å²) in [7, 11) is 2.18. The summed E-state index contributed by atoms with van der Waals surface area (Å²) in [5, 5.41) is 4.05. The van der Waals surface area contributed by atoms with Crippen molar-refractivity contribution in [3.63, 3.8) is 0 Å². The van der Waals surface area contributed by atoms with Gasteiger partial charge in [0, 0.05) is 17.5 Å². The fraction of sp³-hybridized carbons (Fsp3) is 0.333. The average Bonchev–Trinajstić information content (AvgIpc) is 2.75. The molecule has 1 aliphatic heterocycles. The molecule has 0 aliphatic carbocycles. The van der Waals surface area contributed by atoms with Gasteiger partial charge >= 0.3 is 0 Å². The Hall–Kier alpha value is -2.72. The molecule has 0 saturated carbocycles. The predicted octanol–water partition coefficient (Wildman–Crippen LogP) is 4.36. The van der Waals surface area contributed by atoms with Crippen LogP contribution in [0.15, 0.2) is 60.7 Å². The lowest BCUT2D eigenvalue weighted by Gasteiger charge is -2.28. The van der Waals surface area contributed by atoms with Gasteiger partial charge < -0.3 is 10.2 Å². The van der Waals surface area contributed by atoms with Crippen LogP contribution in [0, 0.1) is 5.92 Å². The third-order valence-electron chi connectivity index (χ3n) is 5.71. The molecule has 1 aromatic heterocycles. The highest BCUT2D eigenvalue weighted by Gasteiger charge is 2.18. The van der Waals surface area contributed by atoms with Crippen LogP contribution >= 0.6 is 0 Å². The number of hydrogen-bond acceptors (Lipinski definition) is 3. The number of aromatic nitrogens is 1. The van der Waals surface area contributed by atoms with Crippen LogP contribution < -0.4 is 5.32 Å². The van der Waals surface area contributed by atoms with Crippen LogP contribution in [0.5, 0.6) is 0 Å². The number of carbonyl (C=O) groups excluding carboxylic acids is 1. The Morgan fingerprint density at radius 3 is 2.57 bits per heavy atom. The van der Waals surface area contributed by atoms with E-state index in [0.717, 1.165) is 48.2 Å². The number of rotatable bonds is 5. The molecule has 1 saturated heterocycles. The lowest BCUT2D eigenvalue weighted by Crippen LogP contribution is -2.32. The number of pyridine rings is 1. The normalized spacial score (nSPS) is 15.6. The second kappa shape index (κ2) is 8.53. The molecule has 0 atom stereocenters. The lowest BCUT2D eigenvalue weighted by atomic mass is 9.94. The van der Waals surface area contributed by atoms with Gasteiger partial charge in [0.1, 0.15) is 0 Å². The fourth-order valence-electron chi connectivity index (χ4n) is 3.96. The molecule has 4 nitrogen and oxygen atoms in total. The minimum absolute atomic E-state index is 0.0105. The first-order chi connectivity index (χ1) is 13.7. The van der Waals surface area contributed by atoms with Crippen molar-refractivity contribution in [1.29, 1.82) is 0 Å². The number of nitrogens with zero attached hydrogens (tertiary/aromatic N) is 2.